The van der Waals surface area contributed by atoms with Gasteiger partial charge < -0.3 is 42.5 Å². The molecule has 14 heteroatoms. The van der Waals surface area contributed by atoms with Gasteiger partial charge in [-0.1, -0.05) is 0 Å². The lowest BCUT2D eigenvalue weighted by atomic mass is 10.3. The molecule has 0 bridgehead atoms. The highest BCUT2D eigenvalue weighted by Gasteiger charge is 2.18. The molecule has 0 radical (unpaired) electrons. The van der Waals surface area contributed by atoms with Gasteiger partial charge in [0.05, 0.1) is 39.3 Å². The second-order valence-corrected chi connectivity index (χ2v) is 4.95. The van der Waals surface area contributed by atoms with Gasteiger partial charge in [-0.15, -0.1) is 0 Å². The smallest absolute Gasteiger partial charge is 0.328 e. The summed E-state index contributed by atoms with van der Waals surface area (Å²) < 4.78 is 0. The third-order valence-corrected chi connectivity index (χ3v) is 2.79. The number of amides is 5. The largest absolute Gasteiger partial charge is 0.480 e. The maximum Gasteiger partial charge on any atom is 0.328 e. The van der Waals surface area contributed by atoms with E-state index in [4.69, 9.17) is 15.9 Å². The van der Waals surface area contributed by atoms with Crippen LogP contribution >= 0.6 is 0 Å². The molecule has 152 valence electrons. The number of aliphatic hydroxyl groups excluding tert-OH is 1. The Morgan fingerprint density at radius 2 is 1.07 bits per heavy atom. The molecule has 27 heavy (non-hydrogen) atoms. The van der Waals surface area contributed by atoms with Gasteiger partial charge in [0.1, 0.15) is 6.04 Å². The van der Waals surface area contributed by atoms with Crippen molar-refractivity contribution in [2.75, 3.05) is 39.3 Å². The van der Waals surface area contributed by atoms with E-state index in [1.54, 1.807) is 0 Å². The van der Waals surface area contributed by atoms with Crippen molar-refractivity contribution in [1.29, 1.82) is 0 Å². The van der Waals surface area contributed by atoms with Crippen LogP contribution in [0.15, 0.2) is 0 Å². The highest BCUT2D eigenvalue weighted by Crippen LogP contribution is 1.82. The van der Waals surface area contributed by atoms with E-state index in [0.29, 0.717) is 0 Å². The van der Waals surface area contributed by atoms with Gasteiger partial charge >= 0.3 is 5.97 Å². The lowest BCUT2D eigenvalue weighted by Gasteiger charge is -2.12. The summed E-state index contributed by atoms with van der Waals surface area (Å²) in [5, 5.41) is 28.0. The van der Waals surface area contributed by atoms with E-state index in [-0.39, 0.29) is 13.1 Å². The van der Waals surface area contributed by atoms with Gasteiger partial charge in [-0.05, 0) is 0 Å². The first-order chi connectivity index (χ1) is 12.7. The normalized spacial score (nSPS) is 10.9. The van der Waals surface area contributed by atoms with Gasteiger partial charge in [0.2, 0.25) is 29.5 Å². The highest BCUT2D eigenvalue weighted by molar-refractivity contribution is 5.91. The molecule has 0 aliphatic heterocycles. The van der Waals surface area contributed by atoms with Gasteiger partial charge in [-0.2, -0.15) is 0 Å². The molecule has 0 aromatic carbocycles. The first-order valence-electron chi connectivity index (χ1n) is 7.59. The predicted molar refractivity (Wildman–Crippen MR) is 87.7 cm³/mol. The van der Waals surface area contributed by atoms with Gasteiger partial charge in [0, 0.05) is 0 Å². The number of hydrogen-bond acceptors (Lipinski definition) is 8. The molecule has 14 nitrogen and oxygen atoms in total. The average molecular weight is 390 g/mol. The first kappa shape index (κ1) is 23.7. The number of carboxylic acid groups (broad SMARTS) is 1. The summed E-state index contributed by atoms with van der Waals surface area (Å²) >= 11 is 0. The minimum atomic E-state index is -1.49. The van der Waals surface area contributed by atoms with Gasteiger partial charge in [0.25, 0.3) is 0 Å². The van der Waals surface area contributed by atoms with E-state index in [0.717, 1.165) is 0 Å². The average Bonchev–Trinajstić information content (AvgIpc) is 2.64. The topological polar surface area (TPSA) is 229 Å². The van der Waals surface area contributed by atoms with Crippen LogP contribution in [0.5, 0.6) is 0 Å². The standard InChI is InChI=1S/C13H22N6O8/c14-1-8(21)15-2-9(22)16-3-10(23)17-4-11(24)18-5-12(25)19-7(6-20)13(26)27/h7,20H,1-6,14H2,(H,15,21)(H,16,22)(H,17,23)(H,18,24)(H,19,25)(H,26,27). The molecule has 0 saturated carbocycles. The van der Waals surface area contributed by atoms with Crippen LogP contribution in [-0.2, 0) is 28.8 Å². The summed E-state index contributed by atoms with van der Waals surface area (Å²) in [7, 11) is 0. The maximum absolute atomic E-state index is 11.5. The van der Waals surface area contributed by atoms with Gasteiger partial charge in [0.15, 0.2) is 0 Å². The van der Waals surface area contributed by atoms with Crippen molar-refractivity contribution in [3.05, 3.63) is 0 Å². The zero-order valence-corrected chi connectivity index (χ0v) is 14.2. The van der Waals surface area contributed by atoms with Crippen LogP contribution < -0.4 is 32.3 Å². The van der Waals surface area contributed by atoms with E-state index < -0.39 is 67.8 Å². The molecule has 9 N–H and O–H groups in total. The summed E-state index contributed by atoms with van der Waals surface area (Å²) in [4.78, 5) is 67.1. The maximum atomic E-state index is 11.5. The molecule has 1 atom stereocenters. The van der Waals surface area contributed by atoms with E-state index >= 15 is 0 Å². The molecule has 0 fully saturated rings. The number of nitrogens with one attached hydrogen (secondary N) is 5. The molecule has 0 saturated heterocycles. The van der Waals surface area contributed by atoms with Crippen LogP contribution in [0.4, 0.5) is 0 Å². The number of carboxylic acids is 1. The molecular weight excluding hydrogens is 368 g/mol. The van der Waals surface area contributed by atoms with Crippen LogP contribution in [0.25, 0.3) is 0 Å². The molecule has 0 aromatic rings. The second-order valence-electron chi connectivity index (χ2n) is 4.95. The van der Waals surface area contributed by atoms with Crippen molar-refractivity contribution >= 4 is 35.5 Å². The minimum Gasteiger partial charge on any atom is -0.480 e. The molecule has 0 spiro atoms. The quantitative estimate of drug-likeness (QED) is 0.158. The monoisotopic (exact) mass is 390 g/mol. The summed E-state index contributed by atoms with van der Waals surface area (Å²) in [6.07, 6.45) is 0. The first-order valence-corrected chi connectivity index (χ1v) is 7.59. The van der Waals surface area contributed by atoms with E-state index in [1.165, 1.54) is 0 Å². The van der Waals surface area contributed by atoms with Crippen molar-refractivity contribution in [1.82, 2.24) is 26.6 Å². The molecule has 0 aromatic heterocycles. The Morgan fingerprint density at radius 3 is 1.41 bits per heavy atom. The van der Waals surface area contributed by atoms with E-state index in [1.807, 2.05) is 5.32 Å². The van der Waals surface area contributed by atoms with Crippen LogP contribution in [0.3, 0.4) is 0 Å². The zero-order valence-electron chi connectivity index (χ0n) is 14.2. The Bertz CT molecular complexity index is 581. The minimum absolute atomic E-state index is 0.280. The Labute approximate surface area is 153 Å². The summed E-state index contributed by atoms with van der Waals surface area (Å²) in [6.45, 7) is -2.94. The van der Waals surface area contributed by atoms with Crippen molar-refractivity contribution < 1.29 is 39.0 Å². The second kappa shape index (κ2) is 13.0. The molecule has 0 aliphatic rings. The summed E-state index contributed by atoms with van der Waals surface area (Å²) in [5.74, 6) is -4.89. The Balaban J connectivity index is 3.95. The number of nitrogens with two attached hydrogens (primary N) is 1. The Kier molecular flexibility index (Phi) is 11.4. The Morgan fingerprint density at radius 1 is 0.704 bits per heavy atom. The van der Waals surface area contributed by atoms with Crippen LogP contribution in [0.1, 0.15) is 0 Å². The number of carbonyl (C=O) groups excluding carboxylic acids is 5. The molecule has 5 amide bonds. The van der Waals surface area contributed by atoms with Crippen molar-refractivity contribution in [3.63, 3.8) is 0 Å². The zero-order chi connectivity index (χ0) is 20.8. The molecule has 0 heterocycles. The third kappa shape index (κ3) is 11.8. The summed E-state index contributed by atoms with van der Waals surface area (Å²) in [6, 6.07) is -1.49. The van der Waals surface area contributed by atoms with Crippen molar-refractivity contribution in [2.24, 2.45) is 5.73 Å². The van der Waals surface area contributed by atoms with Crippen LogP contribution in [0.2, 0.25) is 0 Å². The predicted octanol–water partition coefficient (Wildman–Crippen LogP) is -6.03. The summed E-state index contributed by atoms with van der Waals surface area (Å²) in [5.41, 5.74) is 5.03. The fourth-order valence-electron chi connectivity index (χ4n) is 1.41. The lowest BCUT2D eigenvalue weighted by Crippen LogP contribution is -2.49. The molecular formula is C13H22N6O8. The fraction of sp³-hybridized carbons (Fsp3) is 0.538. The SMILES string of the molecule is NCC(=O)NCC(=O)NCC(=O)NCC(=O)NCC(=O)NC(CO)C(=O)O. The highest BCUT2D eigenvalue weighted by atomic mass is 16.4. The van der Waals surface area contributed by atoms with Gasteiger partial charge in [-0.25, -0.2) is 4.79 Å². The van der Waals surface area contributed by atoms with E-state index in [2.05, 4.69) is 21.3 Å². The molecule has 0 rings (SSSR count). The number of carbonyl (C=O) groups is 6. The number of aliphatic hydroxyl groups is 1. The number of rotatable bonds is 12. The van der Waals surface area contributed by atoms with Crippen molar-refractivity contribution in [3.8, 4) is 0 Å². The molecule has 0 aliphatic carbocycles. The fourth-order valence-corrected chi connectivity index (χ4v) is 1.41. The number of aliphatic carboxylic acids is 1. The van der Waals surface area contributed by atoms with Crippen LogP contribution in [0, 0.1) is 0 Å². The lowest BCUT2D eigenvalue weighted by molar-refractivity contribution is -0.142. The van der Waals surface area contributed by atoms with Gasteiger partial charge in [-0.3, -0.25) is 24.0 Å². The van der Waals surface area contributed by atoms with Crippen LogP contribution in [-0.4, -0.2) is 91.1 Å². The Hall–Kier alpha value is -3.26. The van der Waals surface area contributed by atoms with E-state index in [9.17, 15) is 28.8 Å². The van der Waals surface area contributed by atoms with Crippen molar-refractivity contribution in [2.45, 2.75) is 6.04 Å². The molecule has 1 unspecified atom stereocenters. The number of hydrogen-bond donors (Lipinski definition) is 8. The third-order valence-electron chi connectivity index (χ3n) is 2.79.